The highest BCUT2D eigenvalue weighted by Crippen LogP contribution is 2.18. The largest absolute Gasteiger partial charge is 0.325 e. The summed E-state index contributed by atoms with van der Waals surface area (Å²) in [5.74, 6) is 0.785. The first-order valence-corrected chi connectivity index (χ1v) is 6.36. The fourth-order valence-corrected chi connectivity index (χ4v) is 2.34. The molecule has 0 aliphatic carbocycles. The van der Waals surface area contributed by atoms with E-state index < -0.39 is 0 Å². The molecule has 0 bridgehead atoms. The molecule has 0 radical (unpaired) electrons. The highest BCUT2D eigenvalue weighted by molar-refractivity contribution is 5.75. The van der Waals surface area contributed by atoms with Crippen LogP contribution < -0.4 is 0 Å². The van der Waals surface area contributed by atoms with Crippen molar-refractivity contribution in [3.63, 3.8) is 0 Å². The van der Waals surface area contributed by atoms with Gasteiger partial charge in [0.2, 0.25) is 0 Å². The van der Waals surface area contributed by atoms with E-state index in [1.54, 1.807) is 0 Å². The minimum Gasteiger partial charge on any atom is -0.325 e. The molecule has 0 unspecified atom stereocenters. The van der Waals surface area contributed by atoms with Gasteiger partial charge in [-0.2, -0.15) is 0 Å². The normalized spacial score (nSPS) is 23.2. The first-order valence-electron chi connectivity index (χ1n) is 6.36. The minimum atomic E-state index is 0.246. The molecule has 0 aromatic carbocycles. The summed E-state index contributed by atoms with van der Waals surface area (Å²) in [6.07, 6.45) is 5.53. The lowest BCUT2D eigenvalue weighted by Crippen LogP contribution is -2.47. The molecule has 1 fully saturated rings. The minimum absolute atomic E-state index is 0.246. The molecule has 90 valence electrons. The van der Waals surface area contributed by atoms with E-state index in [9.17, 15) is 4.79 Å². The summed E-state index contributed by atoms with van der Waals surface area (Å²) in [5.41, 5.74) is 1.41. The maximum Gasteiger partial charge on any atom is 0.320 e. The molecule has 0 aromatic heterocycles. The van der Waals surface area contributed by atoms with Gasteiger partial charge in [0.1, 0.15) is 0 Å². The van der Waals surface area contributed by atoms with Gasteiger partial charge in [0.05, 0.1) is 0 Å². The molecular weight excluding hydrogens is 200 g/mol. The van der Waals surface area contributed by atoms with Crippen LogP contribution in [0.2, 0.25) is 0 Å². The molecule has 2 rings (SSSR count). The highest BCUT2D eigenvalue weighted by Gasteiger charge is 2.25. The third-order valence-electron chi connectivity index (χ3n) is 3.76. The fraction of sp³-hybridized carbons (Fsp3) is 0.769. The Morgan fingerprint density at radius 2 is 1.94 bits per heavy atom. The molecule has 1 saturated heterocycles. The third kappa shape index (κ3) is 2.57. The zero-order valence-electron chi connectivity index (χ0n) is 10.4. The Morgan fingerprint density at radius 3 is 2.50 bits per heavy atom. The van der Waals surface area contributed by atoms with E-state index in [-0.39, 0.29) is 6.03 Å². The van der Waals surface area contributed by atoms with Gasteiger partial charge in [-0.1, -0.05) is 18.6 Å². The number of hydrogen-bond donors (Lipinski definition) is 0. The lowest BCUT2D eigenvalue weighted by Gasteiger charge is -2.35. The van der Waals surface area contributed by atoms with Crippen molar-refractivity contribution < 1.29 is 4.79 Å². The van der Waals surface area contributed by atoms with Crippen molar-refractivity contribution in [2.75, 3.05) is 26.2 Å². The van der Waals surface area contributed by atoms with Gasteiger partial charge in [-0.3, -0.25) is 0 Å². The van der Waals surface area contributed by atoms with Crippen LogP contribution in [0, 0.1) is 5.92 Å². The van der Waals surface area contributed by atoms with Crippen LogP contribution in [0.3, 0.4) is 0 Å². The molecule has 2 aliphatic heterocycles. The predicted molar refractivity (Wildman–Crippen MR) is 65.3 cm³/mol. The topological polar surface area (TPSA) is 23.6 Å². The molecule has 0 spiro atoms. The van der Waals surface area contributed by atoms with E-state index in [1.165, 1.54) is 5.57 Å². The van der Waals surface area contributed by atoms with Gasteiger partial charge in [0.15, 0.2) is 0 Å². The second-order valence-corrected chi connectivity index (χ2v) is 5.20. The summed E-state index contributed by atoms with van der Waals surface area (Å²) in [5, 5.41) is 0. The average Bonchev–Trinajstić information content (AvgIpc) is 2.30. The Kier molecular flexibility index (Phi) is 3.52. The van der Waals surface area contributed by atoms with E-state index >= 15 is 0 Å². The summed E-state index contributed by atoms with van der Waals surface area (Å²) in [6.45, 7) is 8.00. The molecular formula is C13H22N2O. The van der Waals surface area contributed by atoms with E-state index in [2.05, 4.69) is 19.9 Å². The molecule has 2 amide bonds. The smallest absolute Gasteiger partial charge is 0.320 e. The highest BCUT2D eigenvalue weighted by atomic mass is 16.2. The average molecular weight is 222 g/mol. The lowest BCUT2D eigenvalue weighted by molar-refractivity contribution is 0.137. The van der Waals surface area contributed by atoms with Crippen LogP contribution in [-0.4, -0.2) is 42.0 Å². The third-order valence-corrected chi connectivity index (χ3v) is 3.76. The second kappa shape index (κ2) is 4.89. The molecule has 16 heavy (non-hydrogen) atoms. The maximum atomic E-state index is 12.2. The van der Waals surface area contributed by atoms with E-state index in [1.807, 2.05) is 9.80 Å². The van der Waals surface area contributed by atoms with Crippen molar-refractivity contribution in [1.82, 2.24) is 9.80 Å². The van der Waals surface area contributed by atoms with Crippen molar-refractivity contribution >= 4 is 6.03 Å². The molecule has 2 heterocycles. The number of rotatable bonds is 0. The summed E-state index contributed by atoms with van der Waals surface area (Å²) < 4.78 is 0. The van der Waals surface area contributed by atoms with Crippen molar-refractivity contribution in [2.24, 2.45) is 5.92 Å². The van der Waals surface area contributed by atoms with Gasteiger partial charge in [0.25, 0.3) is 0 Å². The lowest BCUT2D eigenvalue weighted by atomic mass is 9.99. The number of carbonyl (C=O) groups is 1. The van der Waals surface area contributed by atoms with Crippen LogP contribution in [-0.2, 0) is 0 Å². The van der Waals surface area contributed by atoms with Gasteiger partial charge >= 0.3 is 6.03 Å². The van der Waals surface area contributed by atoms with Crippen molar-refractivity contribution in [3.05, 3.63) is 11.6 Å². The zero-order chi connectivity index (χ0) is 11.5. The number of likely N-dealkylation sites (tertiary alicyclic amines) is 1. The van der Waals surface area contributed by atoms with E-state index in [0.717, 1.165) is 51.4 Å². The molecule has 0 saturated carbocycles. The first kappa shape index (κ1) is 11.5. The Morgan fingerprint density at radius 1 is 1.25 bits per heavy atom. The van der Waals surface area contributed by atoms with Gasteiger partial charge in [-0.05, 0) is 32.1 Å². The standard InChI is InChI=1S/C13H22N2O/c1-11-3-7-14(8-4-11)13(16)15-9-5-12(2)6-10-15/h3,12H,4-10H2,1-2H3. The quantitative estimate of drug-likeness (QED) is 0.578. The van der Waals surface area contributed by atoms with Gasteiger partial charge in [0, 0.05) is 26.2 Å². The SMILES string of the molecule is CC1=CCN(C(=O)N2CCC(C)CC2)CC1. The molecule has 0 N–H and O–H groups in total. The number of carbonyl (C=O) groups excluding carboxylic acids is 1. The first-order chi connectivity index (χ1) is 7.66. The van der Waals surface area contributed by atoms with Crippen LogP contribution in [0.5, 0.6) is 0 Å². The van der Waals surface area contributed by atoms with Crippen LogP contribution in [0.25, 0.3) is 0 Å². The maximum absolute atomic E-state index is 12.2. The van der Waals surface area contributed by atoms with Crippen LogP contribution >= 0.6 is 0 Å². The van der Waals surface area contributed by atoms with Crippen LogP contribution in [0.4, 0.5) is 4.79 Å². The van der Waals surface area contributed by atoms with Crippen molar-refractivity contribution in [1.29, 1.82) is 0 Å². The second-order valence-electron chi connectivity index (χ2n) is 5.20. The number of urea groups is 1. The molecule has 3 nitrogen and oxygen atoms in total. The van der Waals surface area contributed by atoms with E-state index in [4.69, 9.17) is 0 Å². The monoisotopic (exact) mass is 222 g/mol. The summed E-state index contributed by atoms with van der Waals surface area (Å²) in [7, 11) is 0. The summed E-state index contributed by atoms with van der Waals surface area (Å²) >= 11 is 0. The van der Waals surface area contributed by atoms with E-state index in [0.29, 0.717) is 0 Å². The number of hydrogen-bond acceptors (Lipinski definition) is 1. The van der Waals surface area contributed by atoms with Crippen LogP contribution in [0.1, 0.15) is 33.1 Å². The predicted octanol–water partition coefficient (Wildman–Crippen LogP) is 2.49. The zero-order valence-corrected chi connectivity index (χ0v) is 10.4. The van der Waals surface area contributed by atoms with Gasteiger partial charge in [-0.15, -0.1) is 0 Å². The van der Waals surface area contributed by atoms with Gasteiger partial charge in [-0.25, -0.2) is 4.79 Å². The van der Waals surface area contributed by atoms with Crippen molar-refractivity contribution in [3.8, 4) is 0 Å². The Hall–Kier alpha value is -0.990. The number of piperidine rings is 1. The Bertz CT molecular complexity index is 290. The number of amides is 2. The molecule has 3 heteroatoms. The molecule has 2 aliphatic rings. The van der Waals surface area contributed by atoms with Crippen molar-refractivity contribution in [2.45, 2.75) is 33.1 Å². The summed E-state index contributed by atoms with van der Waals surface area (Å²) in [4.78, 5) is 16.2. The summed E-state index contributed by atoms with van der Waals surface area (Å²) in [6, 6.07) is 0.246. The Balaban J connectivity index is 1.88. The molecule has 0 atom stereocenters. The van der Waals surface area contributed by atoms with Gasteiger partial charge < -0.3 is 9.80 Å². The van der Waals surface area contributed by atoms with Crippen LogP contribution in [0.15, 0.2) is 11.6 Å². The Labute approximate surface area is 98.1 Å². The fourth-order valence-electron chi connectivity index (χ4n) is 2.34. The number of nitrogens with zero attached hydrogens (tertiary/aromatic N) is 2. The molecule has 0 aromatic rings.